The highest BCUT2D eigenvalue weighted by Gasteiger charge is 2.28. The number of unbranched alkanes of at least 4 members (excludes halogenated alkanes) is 7. The first-order valence-corrected chi connectivity index (χ1v) is 15.7. The Balaban J connectivity index is 1.95. The molecule has 1 heterocycles. The molecule has 1 N–H and O–H groups in total. The van der Waals surface area contributed by atoms with Gasteiger partial charge in [0, 0.05) is 13.2 Å². The first-order chi connectivity index (χ1) is 18.1. The monoisotopic (exact) mass is 544 g/mol. The van der Waals surface area contributed by atoms with Gasteiger partial charge in [-0.2, -0.15) is 0 Å². The van der Waals surface area contributed by atoms with Crippen molar-refractivity contribution < 1.29 is 37.7 Å². The number of ether oxygens (including phenoxy) is 5. The van der Waals surface area contributed by atoms with Crippen molar-refractivity contribution in [2.75, 3.05) is 59.5 Å². The van der Waals surface area contributed by atoms with Gasteiger partial charge >= 0.3 is 7.60 Å². The Labute approximate surface area is 223 Å². The summed E-state index contributed by atoms with van der Waals surface area (Å²) < 4.78 is 46.9. The molecule has 8 nitrogen and oxygen atoms in total. The minimum atomic E-state index is -4.01. The molecule has 2 unspecified atom stereocenters. The fourth-order valence-electron chi connectivity index (χ4n) is 4.16. The summed E-state index contributed by atoms with van der Waals surface area (Å²) in [4.78, 5) is 10.6. The Kier molecular flexibility index (Phi) is 17.4. The van der Waals surface area contributed by atoms with E-state index >= 15 is 0 Å². The highest BCUT2D eigenvalue weighted by atomic mass is 31.2. The van der Waals surface area contributed by atoms with E-state index in [4.69, 9.17) is 28.2 Å². The van der Waals surface area contributed by atoms with Crippen LogP contribution in [0.5, 0.6) is 5.75 Å². The third-order valence-electron chi connectivity index (χ3n) is 6.21. The van der Waals surface area contributed by atoms with E-state index in [9.17, 15) is 9.46 Å². The number of aryl methyl sites for hydroxylation is 1. The molecule has 0 bridgehead atoms. The third kappa shape index (κ3) is 14.1. The van der Waals surface area contributed by atoms with E-state index in [1.807, 2.05) is 6.07 Å². The highest BCUT2D eigenvalue weighted by molar-refractivity contribution is 7.61. The maximum atomic E-state index is 13.0. The Morgan fingerprint density at radius 3 is 2.30 bits per heavy atom. The molecule has 1 aromatic rings. The van der Waals surface area contributed by atoms with Gasteiger partial charge in [-0.1, -0.05) is 57.9 Å². The van der Waals surface area contributed by atoms with Gasteiger partial charge in [-0.25, -0.2) is 0 Å². The second-order valence-electron chi connectivity index (χ2n) is 9.42. The lowest BCUT2D eigenvalue weighted by atomic mass is 10.0. The second-order valence-corrected chi connectivity index (χ2v) is 11.2. The molecule has 1 fully saturated rings. The van der Waals surface area contributed by atoms with E-state index in [0.717, 1.165) is 31.2 Å². The van der Waals surface area contributed by atoms with Crippen LogP contribution in [0.25, 0.3) is 0 Å². The molecule has 1 aliphatic rings. The lowest BCUT2D eigenvalue weighted by molar-refractivity contribution is -0.0464. The normalized spacial score (nSPS) is 19.8. The maximum absolute atomic E-state index is 13.0. The van der Waals surface area contributed by atoms with Crippen molar-refractivity contribution in [1.82, 2.24) is 0 Å². The van der Waals surface area contributed by atoms with Crippen LogP contribution < -0.4 is 10.0 Å². The van der Waals surface area contributed by atoms with Gasteiger partial charge in [0.2, 0.25) is 0 Å². The van der Waals surface area contributed by atoms with Gasteiger partial charge in [0.15, 0.2) is 0 Å². The molecule has 1 aliphatic heterocycles. The first-order valence-electron chi connectivity index (χ1n) is 14.1. The Hall–Kier alpha value is -0.990. The van der Waals surface area contributed by atoms with Crippen LogP contribution in [0.4, 0.5) is 0 Å². The van der Waals surface area contributed by atoms with E-state index in [1.165, 1.54) is 38.5 Å². The largest absolute Gasteiger partial charge is 0.490 e. The molecule has 1 aromatic carbocycles. The van der Waals surface area contributed by atoms with Crippen molar-refractivity contribution in [3.8, 4) is 5.75 Å². The summed E-state index contributed by atoms with van der Waals surface area (Å²) in [6, 6.07) is 5.52. The molecule has 0 aliphatic carbocycles. The molecule has 0 aromatic heterocycles. The first kappa shape index (κ1) is 32.2. The van der Waals surface area contributed by atoms with Crippen LogP contribution in [-0.2, 0) is 34.5 Å². The van der Waals surface area contributed by atoms with E-state index in [-0.39, 0.29) is 24.6 Å². The molecule has 2 rings (SSSR count). The number of hydrogen-bond donors (Lipinski definition) is 1. The van der Waals surface area contributed by atoms with Crippen LogP contribution in [0.2, 0.25) is 0 Å². The molecule has 0 spiro atoms. The van der Waals surface area contributed by atoms with Crippen LogP contribution in [-0.4, -0.2) is 70.5 Å². The van der Waals surface area contributed by atoms with E-state index in [1.54, 1.807) is 19.1 Å². The van der Waals surface area contributed by atoms with Crippen molar-refractivity contribution in [2.24, 2.45) is 0 Å². The Bertz CT molecular complexity index is 746. The lowest BCUT2D eigenvalue weighted by Gasteiger charge is -2.21. The summed E-state index contributed by atoms with van der Waals surface area (Å²) in [5.41, 5.74) is 1.02. The third-order valence-corrected chi connectivity index (χ3v) is 7.78. The predicted molar refractivity (Wildman–Crippen MR) is 146 cm³/mol. The van der Waals surface area contributed by atoms with E-state index in [2.05, 4.69) is 6.92 Å². The summed E-state index contributed by atoms with van der Waals surface area (Å²) >= 11 is 0. The Morgan fingerprint density at radius 1 is 0.892 bits per heavy atom. The van der Waals surface area contributed by atoms with Crippen LogP contribution >= 0.6 is 7.60 Å². The smallest absolute Gasteiger partial charge is 0.362 e. The number of rotatable bonds is 15. The summed E-state index contributed by atoms with van der Waals surface area (Å²) in [5.74, 6) is 0.345. The van der Waals surface area contributed by atoms with Crippen LogP contribution in [0.1, 0.15) is 77.2 Å². The topological polar surface area (TPSA) is 92.7 Å². The molecule has 1 saturated heterocycles. The van der Waals surface area contributed by atoms with Gasteiger partial charge in [0.25, 0.3) is 0 Å². The fraction of sp³-hybridized carbons (Fsp3) is 0.786. The zero-order chi connectivity index (χ0) is 26.6. The molecule has 0 saturated carbocycles. The number of hydrogen-bond acceptors (Lipinski definition) is 7. The molecule has 2 atom stereocenters. The molecule has 0 radical (unpaired) electrons. The summed E-state index contributed by atoms with van der Waals surface area (Å²) in [5, 5.41) is 0.207. The molecular weight excluding hydrogens is 495 g/mol. The standard InChI is InChI=1S/C28H49O8P/c1-3-5-6-7-8-9-10-11-13-25-14-15-27(28(22-25)37(29,30)36-4-2)35-24-26-23-33-21-20-32-19-18-31-16-12-17-34-26/h14-15,22,26H,3-13,16-21,23-24H2,1-2H3,(H,29,30). The SMILES string of the molecule is CCCCCCCCCCc1ccc(OCC2COCCOCCOCCCO2)c(P(=O)(O)OCC)c1. The molecule has 37 heavy (non-hydrogen) atoms. The average molecular weight is 545 g/mol. The van der Waals surface area contributed by atoms with Gasteiger partial charge in [0.05, 0.1) is 39.6 Å². The second kappa shape index (κ2) is 20.0. The molecular formula is C28H49O8P. The number of benzene rings is 1. The van der Waals surface area contributed by atoms with Crippen molar-refractivity contribution in [1.29, 1.82) is 0 Å². The zero-order valence-electron chi connectivity index (χ0n) is 23.0. The Morgan fingerprint density at radius 2 is 1.57 bits per heavy atom. The zero-order valence-corrected chi connectivity index (χ0v) is 23.9. The lowest BCUT2D eigenvalue weighted by Crippen LogP contribution is -2.29. The summed E-state index contributed by atoms with van der Waals surface area (Å²) in [6.45, 7) is 7.79. The van der Waals surface area contributed by atoms with Crippen LogP contribution in [0.3, 0.4) is 0 Å². The minimum absolute atomic E-state index is 0.138. The highest BCUT2D eigenvalue weighted by Crippen LogP contribution is 2.44. The van der Waals surface area contributed by atoms with E-state index in [0.29, 0.717) is 52.0 Å². The average Bonchev–Trinajstić information content (AvgIpc) is 2.91. The molecule has 0 amide bonds. The van der Waals surface area contributed by atoms with Crippen molar-refractivity contribution in [3.05, 3.63) is 23.8 Å². The van der Waals surface area contributed by atoms with E-state index < -0.39 is 7.60 Å². The quantitative estimate of drug-likeness (QED) is 0.231. The van der Waals surface area contributed by atoms with Crippen molar-refractivity contribution in [3.63, 3.8) is 0 Å². The van der Waals surface area contributed by atoms with Crippen LogP contribution in [0.15, 0.2) is 18.2 Å². The van der Waals surface area contributed by atoms with Crippen molar-refractivity contribution in [2.45, 2.75) is 84.2 Å². The van der Waals surface area contributed by atoms with Gasteiger partial charge in [0.1, 0.15) is 23.8 Å². The maximum Gasteiger partial charge on any atom is 0.362 e. The predicted octanol–water partition coefficient (Wildman–Crippen LogP) is 5.43. The summed E-state index contributed by atoms with van der Waals surface area (Å²) in [6.07, 6.45) is 11.2. The fourth-order valence-corrected chi connectivity index (χ4v) is 5.40. The molecule has 214 valence electrons. The van der Waals surface area contributed by atoms with Crippen molar-refractivity contribution >= 4 is 12.9 Å². The van der Waals surface area contributed by atoms with Gasteiger partial charge in [-0.15, -0.1) is 0 Å². The molecule has 9 heteroatoms. The van der Waals surface area contributed by atoms with Gasteiger partial charge < -0.3 is 33.1 Å². The van der Waals surface area contributed by atoms with Gasteiger partial charge in [-0.05, 0) is 43.9 Å². The minimum Gasteiger partial charge on any atom is -0.490 e. The van der Waals surface area contributed by atoms with Crippen LogP contribution in [0, 0.1) is 0 Å². The summed E-state index contributed by atoms with van der Waals surface area (Å²) in [7, 11) is -4.01. The van der Waals surface area contributed by atoms with Gasteiger partial charge in [-0.3, -0.25) is 4.57 Å².